The summed E-state index contributed by atoms with van der Waals surface area (Å²) in [6.07, 6.45) is 2.26. The van der Waals surface area contributed by atoms with Gasteiger partial charge in [-0.1, -0.05) is 6.92 Å². The standard InChI is InChI=1S/C17H21N3O3/c1-3-20-15(21)13-7-6-12(16(22)23)9-14(13)18-17(20)19-8-4-5-11(2)10-19/h6-7,9,11H,3-5,8,10H2,1-2H3,(H,22,23). The SMILES string of the molecule is CCn1c(N2CCCC(C)C2)nc2cc(C(=O)O)ccc2c1=O. The van der Waals surface area contributed by atoms with Crippen LogP contribution in [-0.2, 0) is 6.54 Å². The fraction of sp³-hybridized carbons (Fsp3) is 0.471. The molecule has 2 heterocycles. The van der Waals surface area contributed by atoms with E-state index in [-0.39, 0.29) is 11.1 Å². The highest BCUT2D eigenvalue weighted by atomic mass is 16.4. The average molecular weight is 315 g/mol. The summed E-state index contributed by atoms with van der Waals surface area (Å²) in [6, 6.07) is 4.50. The van der Waals surface area contributed by atoms with E-state index >= 15 is 0 Å². The molecule has 6 heteroatoms. The molecule has 1 aromatic carbocycles. The highest BCUT2D eigenvalue weighted by Gasteiger charge is 2.22. The smallest absolute Gasteiger partial charge is 0.335 e. The number of nitrogens with zero attached hydrogens (tertiary/aromatic N) is 3. The third-order valence-electron chi connectivity index (χ3n) is 4.44. The van der Waals surface area contributed by atoms with Gasteiger partial charge >= 0.3 is 5.97 Å². The average Bonchev–Trinajstić information content (AvgIpc) is 2.54. The summed E-state index contributed by atoms with van der Waals surface area (Å²) in [5, 5.41) is 9.61. The Labute approximate surface area is 134 Å². The van der Waals surface area contributed by atoms with Crippen molar-refractivity contribution in [3.63, 3.8) is 0 Å². The maximum Gasteiger partial charge on any atom is 0.335 e. The Morgan fingerprint density at radius 2 is 2.22 bits per heavy atom. The molecular formula is C17H21N3O3. The first-order valence-corrected chi connectivity index (χ1v) is 8.04. The van der Waals surface area contributed by atoms with Crippen LogP contribution in [0.4, 0.5) is 5.95 Å². The van der Waals surface area contributed by atoms with Crippen LogP contribution >= 0.6 is 0 Å². The van der Waals surface area contributed by atoms with Gasteiger partial charge in [-0.3, -0.25) is 9.36 Å². The molecule has 1 unspecified atom stereocenters. The maximum atomic E-state index is 12.7. The molecule has 1 aliphatic heterocycles. The molecule has 0 aliphatic carbocycles. The van der Waals surface area contributed by atoms with Crippen molar-refractivity contribution in [1.29, 1.82) is 0 Å². The van der Waals surface area contributed by atoms with Crippen LogP contribution in [0.25, 0.3) is 10.9 Å². The van der Waals surface area contributed by atoms with Crippen LogP contribution in [0.2, 0.25) is 0 Å². The van der Waals surface area contributed by atoms with Crippen LogP contribution < -0.4 is 10.5 Å². The third kappa shape index (κ3) is 2.81. The zero-order valence-corrected chi connectivity index (χ0v) is 13.5. The van der Waals surface area contributed by atoms with E-state index in [1.54, 1.807) is 10.6 Å². The van der Waals surface area contributed by atoms with Crippen LogP contribution in [0, 0.1) is 5.92 Å². The van der Waals surface area contributed by atoms with E-state index in [2.05, 4.69) is 16.8 Å². The van der Waals surface area contributed by atoms with Gasteiger partial charge in [0.2, 0.25) is 5.95 Å². The number of rotatable bonds is 3. The van der Waals surface area contributed by atoms with E-state index in [0.29, 0.717) is 29.3 Å². The Morgan fingerprint density at radius 1 is 1.43 bits per heavy atom. The first kappa shape index (κ1) is 15.5. The van der Waals surface area contributed by atoms with Crippen molar-refractivity contribution in [3.05, 3.63) is 34.1 Å². The molecule has 0 amide bonds. The van der Waals surface area contributed by atoms with Crippen molar-refractivity contribution in [3.8, 4) is 0 Å². The second-order valence-electron chi connectivity index (χ2n) is 6.19. The summed E-state index contributed by atoms with van der Waals surface area (Å²) in [7, 11) is 0. The van der Waals surface area contributed by atoms with Gasteiger partial charge in [-0.05, 0) is 43.9 Å². The Hall–Kier alpha value is -2.37. The number of carbonyl (C=O) groups is 1. The second-order valence-corrected chi connectivity index (χ2v) is 6.19. The topological polar surface area (TPSA) is 75.4 Å². The quantitative estimate of drug-likeness (QED) is 0.941. The minimum absolute atomic E-state index is 0.109. The molecule has 1 aromatic heterocycles. The van der Waals surface area contributed by atoms with E-state index in [1.807, 2.05) is 6.92 Å². The van der Waals surface area contributed by atoms with Crippen LogP contribution in [0.1, 0.15) is 37.0 Å². The molecule has 0 spiro atoms. The summed E-state index contributed by atoms with van der Waals surface area (Å²) in [4.78, 5) is 30.7. The Morgan fingerprint density at radius 3 is 2.87 bits per heavy atom. The lowest BCUT2D eigenvalue weighted by Gasteiger charge is -2.33. The lowest BCUT2D eigenvalue weighted by molar-refractivity contribution is 0.0697. The molecule has 23 heavy (non-hydrogen) atoms. The van der Waals surface area contributed by atoms with E-state index in [1.165, 1.54) is 18.6 Å². The molecule has 3 rings (SSSR count). The van der Waals surface area contributed by atoms with Crippen molar-refractivity contribution in [2.24, 2.45) is 5.92 Å². The van der Waals surface area contributed by atoms with Gasteiger partial charge in [-0.2, -0.15) is 0 Å². The number of aromatic nitrogens is 2. The molecule has 0 saturated carbocycles. The van der Waals surface area contributed by atoms with E-state index < -0.39 is 5.97 Å². The molecule has 1 N–H and O–H groups in total. The number of fused-ring (bicyclic) bond motifs is 1. The van der Waals surface area contributed by atoms with Crippen LogP contribution in [0.5, 0.6) is 0 Å². The van der Waals surface area contributed by atoms with Crippen LogP contribution in [0.15, 0.2) is 23.0 Å². The Balaban J connectivity index is 2.19. The number of carboxylic acid groups (broad SMARTS) is 1. The third-order valence-corrected chi connectivity index (χ3v) is 4.44. The predicted octanol–water partition coefficient (Wildman–Crippen LogP) is 2.35. The number of carboxylic acids is 1. The highest BCUT2D eigenvalue weighted by molar-refractivity contribution is 5.93. The van der Waals surface area contributed by atoms with Gasteiger partial charge in [0.15, 0.2) is 0 Å². The van der Waals surface area contributed by atoms with Crippen molar-refractivity contribution in [1.82, 2.24) is 9.55 Å². The number of benzene rings is 1. The fourth-order valence-electron chi connectivity index (χ4n) is 3.24. The van der Waals surface area contributed by atoms with Gasteiger partial charge in [0.1, 0.15) is 0 Å². The summed E-state index contributed by atoms with van der Waals surface area (Å²) in [6.45, 7) is 6.42. The Bertz CT molecular complexity index is 813. The summed E-state index contributed by atoms with van der Waals surface area (Å²) >= 11 is 0. The maximum absolute atomic E-state index is 12.7. The lowest BCUT2D eigenvalue weighted by Crippen LogP contribution is -2.39. The molecule has 122 valence electrons. The van der Waals surface area contributed by atoms with Crippen molar-refractivity contribution in [2.45, 2.75) is 33.2 Å². The largest absolute Gasteiger partial charge is 0.478 e. The monoisotopic (exact) mass is 315 g/mol. The predicted molar refractivity (Wildman–Crippen MR) is 89.2 cm³/mol. The first-order chi connectivity index (χ1) is 11.0. The number of hydrogen-bond acceptors (Lipinski definition) is 4. The minimum atomic E-state index is -1.01. The molecule has 1 aliphatic rings. The normalized spacial score (nSPS) is 18.3. The van der Waals surface area contributed by atoms with Gasteiger partial charge < -0.3 is 10.0 Å². The van der Waals surface area contributed by atoms with Gasteiger partial charge in [0.25, 0.3) is 5.56 Å². The zero-order valence-electron chi connectivity index (χ0n) is 13.5. The van der Waals surface area contributed by atoms with Gasteiger partial charge in [-0.15, -0.1) is 0 Å². The van der Waals surface area contributed by atoms with E-state index in [0.717, 1.165) is 19.5 Å². The minimum Gasteiger partial charge on any atom is -0.478 e. The molecule has 1 saturated heterocycles. The van der Waals surface area contributed by atoms with Gasteiger partial charge in [0.05, 0.1) is 16.5 Å². The van der Waals surface area contributed by atoms with E-state index in [9.17, 15) is 9.59 Å². The zero-order chi connectivity index (χ0) is 16.6. The number of hydrogen-bond donors (Lipinski definition) is 1. The number of anilines is 1. The molecule has 2 aromatic rings. The Kier molecular flexibility index (Phi) is 4.07. The molecule has 1 atom stereocenters. The van der Waals surface area contributed by atoms with Crippen molar-refractivity contribution < 1.29 is 9.90 Å². The highest BCUT2D eigenvalue weighted by Crippen LogP contribution is 2.22. The van der Waals surface area contributed by atoms with Crippen molar-refractivity contribution >= 4 is 22.8 Å². The van der Waals surface area contributed by atoms with Crippen molar-refractivity contribution in [2.75, 3.05) is 18.0 Å². The molecular weight excluding hydrogens is 294 g/mol. The fourth-order valence-corrected chi connectivity index (χ4v) is 3.24. The second kappa shape index (κ2) is 6.02. The van der Waals surface area contributed by atoms with Gasteiger partial charge in [-0.25, -0.2) is 9.78 Å². The molecule has 6 nitrogen and oxygen atoms in total. The summed E-state index contributed by atoms with van der Waals surface area (Å²) in [5.74, 6) is 0.201. The summed E-state index contributed by atoms with van der Waals surface area (Å²) < 4.78 is 1.68. The number of aromatic carboxylic acids is 1. The van der Waals surface area contributed by atoms with E-state index in [4.69, 9.17) is 5.11 Å². The lowest BCUT2D eigenvalue weighted by atomic mass is 10.0. The van der Waals surface area contributed by atoms with Crippen LogP contribution in [-0.4, -0.2) is 33.7 Å². The first-order valence-electron chi connectivity index (χ1n) is 8.04. The van der Waals surface area contributed by atoms with Gasteiger partial charge in [0, 0.05) is 19.6 Å². The molecule has 1 fully saturated rings. The number of piperidine rings is 1. The summed E-state index contributed by atoms with van der Waals surface area (Å²) in [5.41, 5.74) is 0.493. The van der Waals surface area contributed by atoms with Crippen LogP contribution in [0.3, 0.4) is 0 Å². The molecule has 0 bridgehead atoms. The molecule has 0 radical (unpaired) electrons.